The van der Waals surface area contributed by atoms with Crippen molar-refractivity contribution in [1.29, 1.82) is 0 Å². The van der Waals surface area contributed by atoms with E-state index in [4.69, 9.17) is 9.15 Å². The molecule has 2 heterocycles. The smallest absolute Gasteiger partial charge is 0.291 e. The summed E-state index contributed by atoms with van der Waals surface area (Å²) >= 11 is 0. The van der Waals surface area contributed by atoms with E-state index >= 15 is 0 Å². The fourth-order valence-corrected chi connectivity index (χ4v) is 2.72. The number of anilines is 1. The van der Waals surface area contributed by atoms with Gasteiger partial charge in [0.1, 0.15) is 18.1 Å². The van der Waals surface area contributed by atoms with E-state index in [2.05, 4.69) is 10.4 Å². The number of hydrogen-bond donors (Lipinski definition) is 1. The van der Waals surface area contributed by atoms with Crippen LogP contribution in [-0.4, -0.2) is 15.7 Å². The third kappa shape index (κ3) is 3.64. The van der Waals surface area contributed by atoms with Crippen LogP contribution in [0.1, 0.15) is 38.8 Å². The van der Waals surface area contributed by atoms with Crippen molar-refractivity contribution >= 4 is 11.6 Å². The molecule has 1 N–H and O–H groups in total. The van der Waals surface area contributed by atoms with Crippen LogP contribution in [0.3, 0.4) is 0 Å². The highest BCUT2D eigenvalue weighted by Gasteiger charge is 2.17. The van der Waals surface area contributed by atoms with Crippen LogP contribution in [0.5, 0.6) is 5.75 Å². The minimum Gasteiger partial charge on any atom is -0.485 e. The molecule has 3 rings (SSSR count). The van der Waals surface area contributed by atoms with Crippen LogP contribution in [0.2, 0.25) is 0 Å². The van der Waals surface area contributed by atoms with E-state index in [9.17, 15) is 4.79 Å². The van der Waals surface area contributed by atoms with Crippen molar-refractivity contribution in [3.63, 3.8) is 0 Å². The van der Waals surface area contributed by atoms with E-state index in [-0.39, 0.29) is 18.3 Å². The summed E-state index contributed by atoms with van der Waals surface area (Å²) in [5.74, 6) is 1.35. The number of rotatable bonds is 5. The van der Waals surface area contributed by atoms with Gasteiger partial charge < -0.3 is 14.5 Å². The van der Waals surface area contributed by atoms with Crippen molar-refractivity contribution in [3.05, 3.63) is 64.4 Å². The molecule has 6 nitrogen and oxygen atoms in total. The first kappa shape index (κ1) is 17.8. The maximum atomic E-state index is 12.4. The van der Waals surface area contributed by atoms with Crippen LogP contribution >= 0.6 is 0 Å². The first-order valence-electron chi connectivity index (χ1n) is 8.45. The second-order valence-electron chi connectivity index (χ2n) is 6.45. The summed E-state index contributed by atoms with van der Waals surface area (Å²) < 4.78 is 13.2. The Hall–Kier alpha value is -3.02. The molecule has 0 unspecified atom stereocenters. The summed E-state index contributed by atoms with van der Waals surface area (Å²) in [6.45, 7) is 8.04. The number of ether oxygens (including phenoxy) is 1. The predicted octanol–water partition coefficient (Wildman–Crippen LogP) is 4.08. The van der Waals surface area contributed by atoms with E-state index in [0.29, 0.717) is 11.4 Å². The van der Waals surface area contributed by atoms with Gasteiger partial charge in [0.2, 0.25) is 0 Å². The Bertz CT molecular complexity index is 953. The van der Waals surface area contributed by atoms with Gasteiger partial charge in [0, 0.05) is 7.05 Å². The van der Waals surface area contributed by atoms with E-state index in [1.54, 1.807) is 16.8 Å². The maximum Gasteiger partial charge on any atom is 0.291 e. The number of carbonyl (C=O) groups excluding carboxylic acids is 1. The number of carbonyl (C=O) groups is 1. The third-order valence-corrected chi connectivity index (χ3v) is 4.35. The largest absolute Gasteiger partial charge is 0.485 e. The molecule has 6 heteroatoms. The molecule has 2 aromatic heterocycles. The quantitative estimate of drug-likeness (QED) is 0.750. The molecule has 0 aliphatic heterocycles. The highest BCUT2D eigenvalue weighted by Crippen LogP contribution is 2.22. The number of hydrogen-bond acceptors (Lipinski definition) is 4. The normalized spacial score (nSPS) is 10.8. The Kier molecular flexibility index (Phi) is 4.84. The highest BCUT2D eigenvalue weighted by molar-refractivity contribution is 6.02. The molecule has 0 saturated carbocycles. The van der Waals surface area contributed by atoms with Gasteiger partial charge in [-0.2, -0.15) is 5.10 Å². The van der Waals surface area contributed by atoms with Crippen LogP contribution < -0.4 is 10.1 Å². The van der Waals surface area contributed by atoms with E-state index < -0.39 is 0 Å². The number of nitrogens with one attached hydrogen (secondary N) is 1. The maximum absolute atomic E-state index is 12.4. The van der Waals surface area contributed by atoms with E-state index in [1.807, 2.05) is 52.9 Å². The lowest BCUT2D eigenvalue weighted by Crippen LogP contribution is -2.12. The van der Waals surface area contributed by atoms with Gasteiger partial charge in [-0.25, -0.2) is 0 Å². The lowest BCUT2D eigenvalue weighted by atomic mass is 10.1. The summed E-state index contributed by atoms with van der Waals surface area (Å²) in [6, 6.07) is 9.45. The molecule has 0 saturated heterocycles. The Labute approximate surface area is 152 Å². The SMILES string of the molecule is Cc1ccc(C)c(OCc2ccc(C(=O)Nc3c(C)nn(C)c3C)o2)c1. The van der Waals surface area contributed by atoms with Crippen molar-refractivity contribution in [2.75, 3.05) is 5.32 Å². The molecular weight excluding hydrogens is 330 g/mol. The third-order valence-electron chi connectivity index (χ3n) is 4.35. The fourth-order valence-electron chi connectivity index (χ4n) is 2.72. The molecule has 136 valence electrons. The first-order chi connectivity index (χ1) is 12.3. The van der Waals surface area contributed by atoms with Gasteiger partial charge >= 0.3 is 0 Å². The number of aryl methyl sites for hydroxylation is 4. The number of furan rings is 1. The van der Waals surface area contributed by atoms with Gasteiger partial charge in [-0.3, -0.25) is 9.48 Å². The van der Waals surface area contributed by atoms with E-state index in [1.165, 1.54) is 0 Å². The highest BCUT2D eigenvalue weighted by atomic mass is 16.5. The Balaban J connectivity index is 1.67. The summed E-state index contributed by atoms with van der Waals surface area (Å²) in [4.78, 5) is 12.4. The Morgan fingerprint density at radius 1 is 1.19 bits per heavy atom. The van der Waals surface area contributed by atoms with Gasteiger partial charge in [0.15, 0.2) is 5.76 Å². The topological polar surface area (TPSA) is 69.3 Å². The molecule has 0 aliphatic carbocycles. The molecule has 3 aromatic rings. The molecule has 0 aliphatic rings. The van der Waals surface area contributed by atoms with Crippen molar-refractivity contribution in [1.82, 2.24) is 9.78 Å². The summed E-state index contributed by atoms with van der Waals surface area (Å²) in [6.07, 6.45) is 0. The molecule has 0 radical (unpaired) electrons. The standard InChI is InChI=1S/C20H23N3O3/c1-12-6-7-13(2)18(10-12)25-11-16-8-9-17(26-16)20(24)21-19-14(3)22-23(5)15(19)4/h6-10H,11H2,1-5H3,(H,21,24). The van der Waals surface area contributed by atoms with Crippen molar-refractivity contribution < 1.29 is 13.9 Å². The molecule has 0 fully saturated rings. The molecule has 26 heavy (non-hydrogen) atoms. The van der Waals surface area contributed by atoms with Crippen molar-refractivity contribution in [3.8, 4) is 5.75 Å². The lowest BCUT2D eigenvalue weighted by Gasteiger charge is -2.08. The van der Waals surface area contributed by atoms with Crippen LogP contribution in [-0.2, 0) is 13.7 Å². The summed E-state index contributed by atoms with van der Waals surface area (Å²) in [5.41, 5.74) is 4.56. The first-order valence-corrected chi connectivity index (χ1v) is 8.45. The van der Waals surface area contributed by atoms with Crippen LogP contribution in [0, 0.1) is 27.7 Å². The Morgan fingerprint density at radius 2 is 1.96 bits per heavy atom. The molecular formula is C20H23N3O3. The molecule has 0 bridgehead atoms. The van der Waals surface area contributed by atoms with E-state index in [0.717, 1.165) is 28.3 Å². The zero-order valence-electron chi connectivity index (χ0n) is 15.7. The molecule has 0 spiro atoms. The monoisotopic (exact) mass is 353 g/mol. The second kappa shape index (κ2) is 7.07. The zero-order chi connectivity index (χ0) is 18.8. The minimum absolute atomic E-state index is 0.243. The van der Waals surface area contributed by atoms with Gasteiger partial charge in [-0.05, 0) is 57.0 Å². The lowest BCUT2D eigenvalue weighted by molar-refractivity contribution is 0.0992. The van der Waals surface area contributed by atoms with Gasteiger partial charge in [-0.1, -0.05) is 12.1 Å². The predicted molar refractivity (Wildman–Crippen MR) is 99.6 cm³/mol. The number of amides is 1. The summed E-state index contributed by atoms with van der Waals surface area (Å²) in [5, 5.41) is 7.15. The number of benzene rings is 1. The van der Waals surface area contributed by atoms with Crippen molar-refractivity contribution in [2.45, 2.75) is 34.3 Å². The summed E-state index contributed by atoms with van der Waals surface area (Å²) in [7, 11) is 1.84. The molecule has 1 amide bonds. The second-order valence-corrected chi connectivity index (χ2v) is 6.45. The molecule has 0 atom stereocenters. The number of nitrogens with zero attached hydrogens (tertiary/aromatic N) is 2. The van der Waals surface area contributed by atoms with Gasteiger partial charge in [-0.15, -0.1) is 0 Å². The average molecular weight is 353 g/mol. The number of aromatic nitrogens is 2. The fraction of sp³-hybridized carbons (Fsp3) is 0.300. The minimum atomic E-state index is -0.304. The average Bonchev–Trinajstić information content (AvgIpc) is 3.16. The van der Waals surface area contributed by atoms with Crippen LogP contribution in [0.25, 0.3) is 0 Å². The molecule has 1 aromatic carbocycles. The van der Waals surface area contributed by atoms with Crippen molar-refractivity contribution in [2.24, 2.45) is 7.05 Å². The van der Waals surface area contributed by atoms with Gasteiger partial charge in [0.05, 0.1) is 17.1 Å². The van der Waals surface area contributed by atoms with Crippen LogP contribution in [0.4, 0.5) is 5.69 Å². The Morgan fingerprint density at radius 3 is 2.65 bits per heavy atom. The zero-order valence-corrected chi connectivity index (χ0v) is 15.7. The van der Waals surface area contributed by atoms with Gasteiger partial charge in [0.25, 0.3) is 5.91 Å². The van der Waals surface area contributed by atoms with Crippen LogP contribution in [0.15, 0.2) is 34.7 Å².